The molecule has 8 heteroatoms. The number of carbonyl (C=O) groups excluding carboxylic acids is 1. The maximum absolute atomic E-state index is 13.4. The second-order valence-electron chi connectivity index (χ2n) is 8.89. The number of guanidine groups is 1. The molecule has 1 amide bonds. The van der Waals surface area contributed by atoms with Crippen LogP contribution in [0.3, 0.4) is 0 Å². The summed E-state index contributed by atoms with van der Waals surface area (Å²) in [5.74, 6) is 0.484. The van der Waals surface area contributed by atoms with Crippen molar-refractivity contribution in [3.63, 3.8) is 0 Å². The predicted octanol–water partition coefficient (Wildman–Crippen LogP) is 4.02. The lowest BCUT2D eigenvalue weighted by Gasteiger charge is -2.29. The van der Waals surface area contributed by atoms with Crippen LogP contribution in [-0.4, -0.2) is 17.6 Å². The van der Waals surface area contributed by atoms with E-state index in [1.54, 1.807) is 5.01 Å². The number of hydrogen-bond acceptors (Lipinski definition) is 5. The van der Waals surface area contributed by atoms with Crippen LogP contribution in [-0.2, 0) is 6.42 Å². The number of nitrogens with zero attached hydrogens (tertiary/aromatic N) is 3. The number of para-hydroxylation sites is 2. The molecule has 1 heterocycles. The number of rotatable bonds is 5. The van der Waals surface area contributed by atoms with Crippen molar-refractivity contribution >= 4 is 29.0 Å². The van der Waals surface area contributed by atoms with Gasteiger partial charge in [-0.1, -0.05) is 50.2 Å². The van der Waals surface area contributed by atoms with Crippen molar-refractivity contribution in [3.8, 4) is 0 Å². The van der Waals surface area contributed by atoms with Crippen molar-refractivity contribution in [2.45, 2.75) is 33.6 Å². The fourth-order valence-electron chi connectivity index (χ4n) is 4.12. The summed E-state index contributed by atoms with van der Waals surface area (Å²) in [5.41, 5.74) is 17.7. The normalized spacial score (nSPS) is 15.5. The second kappa shape index (κ2) is 8.82. The smallest absolute Gasteiger partial charge is 0.306 e. The highest BCUT2D eigenvalue weighted by Gasteiger charge is 2.36. The summed E-state index contributed by atoms with van der Waals surface area (Å²) in [6.07, 6.45) is 1.34. The van der Waals surface area contributed by atoms with Gasteiger partial charge in [0.25, 0.3) is 0 Å². The number of benzene rings is 2. The van der Waals surface area contributed by atoms with Crippen molar-refractivity contribution < 1.29 is 9.21 Å². The number of anilines is 2. The van der Waals surface area contributed by atoms with Crippen LogP contribution in [0.1, 0.15) is 47.7 Å². The molecular weight excluding hydrogens is 416 g/mol. The van der Waals surface area contributed by atoms with E-state index in [-0.39, 0.29) is 23.0 Å². The van der Waals surface area contributed by atoms with Crippen LogP contribution in [0.4, 0.5) is 11.4 Å². The number of fused-ring (bicyclic) bond motifs is 1. The maximum atomic E-state index is 13.4. The third-order valence-electron chi connectivity index (χ3n) is 5.53. The van der Waals surface area contributed by atoms with E-state index in [0.717, 1.165) is 16.9 Å². The van der Waals surface area contributed by atoms with Crippen LogP contribution >= 0.6 is 0 Å². The van der Waals surface area contributed by atoms with Gasteiger partial charge >= 0.3 is 5.91 Å². The van der Waals surface area contributed by atoms with Crippen molar-refractivity contribution in [3.05, 3.63) is 83.3 Å². The van der Waals surface area contributed by atoms with Gasteiger partial charge in [0, 0.05) is 17.5 Å². The van der Waals surface area contributed by atoms with Crippen molar-refractivity contribution in [1.29, 1.82) is 0 Å². The van der Waals surface area contributed by atoms with Crippen LogP contribution in [0.15, 0.2) is 75.3 Å². The number of hydrogen-bond donors (Lipinski definition) is 3. The van der Waals surface area contributed by atoms with Gasteiger partial charge in [-0.15, -0.1) is 5.10 Å². The number of amides is 1. The fourth-order valence-corrected chi connectivity index (χ4v) is 4.12. The molecule has 1 aliphatic carbocycles. The summed E-state index contributed by atoms with van der Waals surface area (Å²) in [5, 5.41) is 9.84. The second-order valence-corrected chi connectivity index (χ2v) is 8.89. The van der Waals surface area contributed by atoms with Gasteiger partial charge in [-0.05, 0) is 43.0 Å². The Morgan fingerprint density at radius 2 is 1.58 bits per heavy atom. The average molecular weight is 445 g/mol. The molecule has 0 atom stereocenters. The van der Waals surface area contributed by atoms with Crippen LogP contribution in [0, 0.1) is 12.3 Å². The average Bonchev–Trinajstić information content (AvgIpc) is 3.12. The molecule has 1 aromatic heterocycles. The molecule has 2 aromatic carbocycles. The number of hydrazine groups is 1. The highest BCUT2D eigenvalue weighted by Crippen LogP contribution is 2.39. The molecule has 0 saturated carbocycles. The molecule has 33 heavy (non-hydrogen) atoms. The minimum absolute atomic E-state index is 0.108. The molecule has 1 aliphatic rings. The molecule has 0 radical (unpaired) electrons. The van der Waals surface area contributed by atoms with Crippen molar-refractivity contribution in [2.24, 2.45) is 27.1 Å². The van der Waals surface area contributed by atoms with E-state index in [1.807, 2.05) is 67.6 Å². The summed E-state index contributed by atoms with van der Waals surface area (Å²) in [7, 11) is 0. The predicted molar refractivity (Wildman–Crippen MR) is 130 cm³/mol. The lowest BCUT2D eigenvalue weighted by molar-refractivity contribution is 0.0922. The Kier molecular flexibility index (Phi) is 5.91. The first-order valence-corrected chi connectivity index (χ1v) is 10.7. The van der Waals surface area contributed by atoms with E-state index >= 15 is 0 Å². The molecule has 0 aliphatic heterocycles. The monoisotopic (exact) mass is 444 g/mol. The molecule has 0 bridgehead atoms. The van der Waals surface area contributed by atoms with E-state index in [2.05, 4.69) is 29.5 Å². The SMILES string of the molecule is Cc1c(C(=O)NN(c2ccccc2)c2ccccc2)oc2c1/C(=N\N=C(N)N)CC(C)(C)C2. The Morgan fingerprint density at radius 1 is 1.00 bits per heavy atom. The lowest BCUT2D eigenvalue weighted by atomic mass is 9.75. The number of nitrogens with one attached hydrogen (secondary N) is 1. The quantitative estimate of drug-likeness (QED) is 0.312. The number of nitrogens with two attached hydrogens (primary N) is 2. The van der Waals surface area contributed by atoms with E-state index in [9.17, 15) is 4.79 Å². The Bertz CT molecular complexity index is 1170. The molecule has 170 valence electrons. The molecular formula is C25H28N6O2. The standard InChI is InChI=1S/C25H28N6O2/c1-16-21-19(28-29-24(26)27)14-25(2,3)15-20(21)33-22(16)23(32)30-31(17-10-6-4-7-11-17)18-12-8-5-9-13-18/h4-13H,14-15H2,1-3H3,(H,30,32)(H4,26,27,29)/b28-19-. The van der Waals surface area contributed by atoms with E-state index in [0.29, 0.717) is 29.9 Å². The van der Waals surface area contributed by atoms with Crippen LogP contribution in [0.2, 0.25) is 0 Å². The molecule has 8 nitrogen and oxygen atoms in total. The highest BCUT2D eigenvalue weighted by atomic mass is 16.4. The van der Waals surface area contributed by atoms with Gasteiger partial charge in [-0.2, -0.15) is 5.10 Å². The highest BCUT2D eigenvalue weighted by molar-refractivity contribution is 6.07. The fraction of sp³-hybridized carbons (Fsp3) is 0.240. The van der Waals surface area contributed by atoms with E-state index in [1.165, 1.54) is 0 Å². The summed E-state index contributed by atoms with van der Waals surface area (Å²) in [4.78, 5) is 13.4. The van der Waals surface area contributed by atoms with Gasteiger partial charge in [0.1, 0.15) is 5.76 Å². The Hall–Kier alpha value is -4.07. The molecule has 0 spiro atoms. The summed E-state index contributed by atoms with van der Waals surface area (Å²) < 4.78 is 6.11. The number of carbonyl (C=O) groups is 1. The zero-order valence-electron chi connectivity index (χ0n) is 19.0. The van der Waals surface area contributed by atoms with E-state index < -0.39 is 0 Å². The first kappa shape index (κ1) is 22.1. The van der Waals surface area contributed by atoms with Crippen LogP contribution in [0.5, 0.6) is 0 Å². The van der Waals surface area contributed by atoms with E-state index in [4.69, 9.17) is 15.9 Å². The maximum Gasteiger partial charge on any atom is 0.306 e. The summed E-state index contributed by atoms with van der Waals surface area (Å²) in [6.45, 7) is 6.09. The van der Waals surface area contributed by atoms with Gasteiger partial charge in [0.15, 0.2) is 5.76 Å². The first-order valence-electron chi connectivity index (χ1n) is 10.7. The van der Waals surface area contributed by atoms with Crippen LogP contribution in [0.25, 0.3) is 0 Å². The van der Waals surface area contributed by atoms with Gasteiger partial charge in [-0.3, -0.25) is 15.2 Å². The Balaban J connectivity index is 1.72. The van der Waals surface area contributed by atoms with Gasteiger partial charge in [0.2, 0.25) is 5.96 Å². The molecule has 0 unspecified atom stereocenters. The number of furan rings is 1. The Labute approximate surface area is 193 Å². The zero-order valence-corrected chi connectivity index (χ0v) is 19.0. The lowest BCUT2D eigenvalue weighted by Crippen LogP contribution is -2.39. The van der Waals surface area contributed by atoms with Gasteiger partial charge in [0.05, 0.1) is 17.1 Å². The molecule has 5 N–H and O–H groups in total. The first-order chi connectivity index (χ1) is 15.7. The van der Waals surface area contributed by atoms with Gasteiger partial charge in [-0.25, -0.2) is 0 Å². The van der Waals surface area contributed by atoms with Gasteiger partial charge < -0.3 is 15.9 Å². The molecule has 3 aromatic rings. The molecule has 0 saturated heterocycles. The third kappa shape index (κ3) is 4.74. The summed E-state index contributed by atoms with van der Waals surface area (Å²) in [6, 6.07) is 19.2. The topological polar surface area (TPSA) is 122 Å². The molecule has 0 fully saturated rings. The molecule has 4 rings (SSSR count). The summed E-state index contributed by atoms with van der Waals surface area (Å²) >= 11 is 0. The Morgan fingerprint density at radius 3 is 2.12 bits per heavy atom. The minimum Gasteiger partial charge on any atom is -0.455 e. The van der Waals surface area contributed by atoms with Crippen LogP contribution < -0.4 is 21.9 Å². The zero-order chi connectivity index (χ0) is 23.6. The minimum atomic E-state index is -0.353. The van der Waals surface area contributed by atoms with Crippen molar-refractivity contribution in [2.75, 3.05) is 5.01 Å². The third-order valence-corrected chi connectivity index (χ3v) is 5.53. The largest absolute Gasteiger partial charge is 0.455 e. The van der Waals surface area contributed by atoms with Crippen molar-refractivity contribution in [1.82, 2.24) is 5.43 Å².